The Labute approximate surface area is 485 Å². The van der Waals surface area contributed by atoms with Crippen LogP contribution in [0.15, 0.2) is 144 Å². The van der Waals surface area contributed by atoms with E-state index >= 15 is 0 Å². The Balaban J connectivity index is 0.000000202. The Morgan fingerprint density at radius 2 is 1.00 bits per heavy atom. The van der Waals surface area contributed by atoms with E-state index in [2.05, 4.69) is 61.4 Å². The molecule has 0 radical (unpaired) electrons. The summed E-state index contributed by atoms with van der Waals surface area (Å²) < 4.78 is 17.7. The minimum Gasteiger partial charge on any atom is -0.444 e. The van der Waals surface area contributed by atoms with Crippen LogP contribution in [-0.2, 0) is 48.7 Å². The molecule has 0 aliphatic carbocycles. The third kappa shape index (κ3) is 15.5. The number of hydrogen-bond acceptors (Lipinski definition) is 16. The van der Waals surface area contributed by atoms with Gasteiger partial charge in [-0.05, 0) is 138 Å². The van der Waals surface area contributed by atoms with Crippen LogP contribution >= 0.6 is 0 Å². The van der Waals surface area contributed by atoms with Gasteiger partial charge < -0.3 is 29.2 Å². The average molecular weight is 1130 g/mol. The molecule has 0 aliphatic heterocycles. The lowest BCUT2D eigenvalue weighted by Gasteiger charge is -2.20. The quantitative estimate of drug-likeness (QED) is 0.0701. The lowest BCUT2D eigenvalue weighted by molar-refractivity contribution is 0.0624. The highest BCUT2D eigenvalue weighted by Crippen LogP contribution is 2.25. The summed E-state index contributed by atoms with van der Waals surface area (Å²) in [7, 11) is 0. The largest absolute Gasteiger partial charge is 0.444 e. The van der Waals surface area contributed by atoms with E-state index in [0.29, 0.717) is 68.2 Å². The smallest absolute Gasteiger partial charge is 0.413 e. The standard InChI is InChI=1S/2C31H34N8O3/c1-20-14-26(37-30(41)42-31(3,4)5)36-21(2)24(20)15-32-28-25-16-35-39(29(25)34-19-33-28)18-23-11-9-22(10-12-23)17-38-13-7-6-8-27(38)40;1-20-14-26(36-30(41)42-31(3,4)5)35-21(2)24(20)15-32-28-25-18-39(37-29(25)34-19-33-28)17-23-11-9-22(10-12-23)16-38-13-7-6-8-27(38)40/h6-14,16,19H,15,17-18H2,1-5H3,(H,32,33,34)(H,36,37,41);6-14,18-19H,15-17H2,1-5H3,(H,35,36,41)(H,32,33,34,37). The van der Waals surface area contributed by atoms with Crippen molar-refractivity contribution >= 4 is 57.5 Å². The molecule has 0 fully saturated rings. The van der Waals surface area contributed by atoms with Crippen molar-refractivity contribution in [3.05, 3.63) is 211 Å². The first-order chi connectivity index (χ1) is 40.1. The topological polar surface area (TPSA) is 258 Å². The molecular weight excluding hydrogens is 1060 g/mol. The van der Waals surface area contributed by atoms with Gasteiger partial charge in [-0.15, -0.1) is 0 Å². The number of ether oxygens (including phenoxy) is 2. The molecule has 8 heterocycles. The van der Waals surface area contributed by atoms with E-state index in [4.69, 9.17) is 9.47 Å². The molecule has 2 amide bonds. The van der Waals surface area contributed by atoms with Crippen molar-refractivity contribution in [2.45, 2.75) is 120 Å². The highest BCUT2D eigenvalue weighted by atomic mass is 16.6. The van der Waals surface area contributed by atoms with E-state index in [1.807, 2.05) is 158 Å². The van der Waals surface area contributed by atoms with E-state index < -0.39 is 23.4 Å². The Morgan fingerprint density at radius 3 is 1.46 bits per heavy atom. The van der Waals surface area contributed by atoms with Crippen molar-refractivity contribution in [1.29, 1.82) is 0 Å². The minimum absolute atomic E-state index is 0.0239. The van der Waals surface area contributed by atoms with Gasteiger partial charge in [-0.25, -0.2) is 44.2 Å². The molecule has 10 rings (SSSR count). The zero-order valence-corrected chi connectivity index (χ0v) is 48.8. The van der Waals surface area contributed by atoms with E-state index in [1.54, 1.807) is 52.0 Å². The number of aryl methyl sites for hydroxylation is 4. The van der Waals surface area contributed by atoms with Crippen LogP contribution in [0, 0.1) is 27.7 Å². The number of carbonyl (C=O) groups is 2. The van der Waals surface area contributed by atoms with Crippen molar-refractivity contribution in [3.63, 3.8) is 0 Å². The predicted octanol–water partition coefficient (Wildman–Crippen LogP) is 10.1. The molecule has 22 heteroatoms. The predicted molar refractivity (Wildman–Crippen MR) is 323 cm³/mol. The lowest BCUT2D eigenvalue weighted by atomic mass is 10.1. The molecule has 0 atom stereocenters. The second-order valence-electron chi connectivity index (χ2n) is 22.3. The first-order valence-corrected chi connectivity index (χ1v) is 27.3. The molecule has 22 nitrogen and oxygen atoms in total. The summed E-state index contributed by atoms with van der Waals surface area (Å²) in [5, 5.41) is 23.1. The summed E-state index contributed by atoms with van der Waals surface area (Å²) in [6.45, 7) is 21.8. The number of pyridine rings is 4. The summed E-state index contributed by atoms with van der Waals surface area (Å²) in [6, 6.07) is 30.2. The molecule has 8 aromatic heterocycles. The van der Waals surface area contributed by atoms with Crippen LogP contribution in [0.4, 0.5) is 32.9 Å². The SMILES string of the molecule is Cc1cc(NC(=O)OC(C)(C)C)nc(C)c1CNc1ncnc2c1cnn2Cc1ccc(Cn2ccccc2=O)cc1.Cc1cc(NC(=O)OC(C)(C)C)nc(C)c1CNc1ncnc2nn(Cc3ccc(Cn4ccccc4=O)cc3)cc12. The molecule has 0 bridgehead atoms. The van der Waals surface area contributed by atoms with Crippen LogP contribution in [0.2, 0.25) is 0 Å². The van der Waals surface area contributed by atoms with Gasteiger partial charge in [-0.1, -0.05) is 60.7 Å². The van der Waals surface area contributed by atoms with Gasteiger partial charge in [0.25, 0.3) is 11.1 Å². The van der Waals surface area contributed by atoms with Gasteiger partial charge in [0.15, 0.2) is 11.3 Å². The van der Waals surface area contributed by atoms with E-state index in [1.165, 1.54) is 12.7 Å². The summed E-state index contributed by atoms with van der Waals surface area (Å²) in [6.07, 6.45) is 9.20. The van der Waals surface area contributed by atoms with Gasteiger partial charge in [-0.2, -0.15) is 10.2 Å². The van der Waals surface area contributed by atoms with Gasteiger partial charge in [0.2, 0.25) is 0 Å². The first kappa shape index (κ1) is 58.5. The Morgan fingerprint density at radius 1 is 0.548 bits per heavy atom. The zero-order valence-electron chi connectivity index (χ0n) is 48.8. The number of aromatic nitrogens is 12. The number of benzene rings is 2. The molecule has 0 saturated heterocycles. The van der Waals surface area contributed by atoms with Crippen molar-refractivity contribution < 1.29 is 19.1 Å². The minimum atomic E-state index is -0.592. The number of anilines is 4. The summed E-state index contributed by atoms with van der Waals surface area (Å²) in [4.78, 5) is 75.2. The molecule has 4 N–H and O–H groups in total. The first-order valence-electron chi connectivity index (χ1n) is 27.3. The molecule has 0 aliphatic rings. The van der Waals surface area contributed by atoms with Crippen LogP contribution in [0.5, 0.6) is 0 Å². The molecular formula is C62H68N16O6. The monoisotopic (exact) mass is 1130 g/mol. The fourth-order valence-corrected chi connectivity index (χ4v) is 9.23. The molecule has 2 aromatic carbocycles. The van der Waals surface area contributed by atoms with Crippen molar-refractivity contribution in [2.75, 3.05) is 21.3 Å². The molecule has 0 saturated carbocycles. The highest BCUT2D eigenvalue weighted by molar-refractivity contribution is 5.87. The number of fused-ring (bicyclic) bond motifs is 2. The summed E-state index contributed by atoms with van der Waals surface area (Å²) >= 11 is 0. The maximum Gasteiger partial charge on any atom is 0.413 e. The lowest BCUT2D eigenvalue weighted by Crippen LogP contribution is -2.27. The number of rotatable bonds is 16. The average Bonchev–Trinajstić information content (AvgIpc) is 3.78. The second-order valence-corrected chi connectivity index (χ2v) is 22.3. The van der Waals surface area contributed by atoms with Crippen molar-refractivity contribution in [1.82, 2.24) is 58.6 Å². The maximum absolute atomic E-state index is 12.2. The third-order valence-corrected chi connectivity index (χ3v) is 13.3. The second kappa shape index (κ2) is 25.3. The molecule has 10 aromatic rings. The van der Waals surface area contributed by atoms with Crippen LogP contribution in [0.1, 0.15) is 97.4 Å². The van der Waals surface area contributed by atoms with Crippen LogP contribution in [-0.4, -0.2) is 82.0 Å². The number of nitrogens with one attached hydrogen (secondary N) is 4. The highest BCUT2D eigenvalue weighted by Gasteiger charge is 2.20. The maximum atomic E-state index is 12.2. The third-order valence-electron chi connectivity index (χ3n) is 13.3. The van der Waals surface area contributed by atoms with Gasteiger partial charge >= 0.3 is 12.2 Å². The van der Waals surface area contributed by atoms with Gasteiger partial charge in [0, 0.05) is 55.2 Å². The van der Waals surface area contributed by atoms with Crippen LogP contribution < -0.4 is 32.4 Å². The molecule has 0 spiro atoms. The number of nitrogens with zero attached hydrogens (tertiary/aromatic N) is 12. The van der Waals surface area contributed by atoms with E-state index in [-0.39, 0.29) is 11.1 Å². The number of amides is 2. The van der Waals surface area contributed by atoms with Crippen LogP contribution in [0.25, 0.3) is 22.1 Å². The molecule has 0 unspecified atom stereocenters. The van der Waals surface area contributed by atoms with Gasteiger partial charge in [0.1, 0.15) is 47.1 Å². The van der Waals surface area contributed by atoms with E-state index in [0.717, 1.165) is 72.3 Å². The fourth-order valence-electron chi connectivity index (χ4n) is 9.23. The zero-order chi connectivity index (χ0) is 59.7. The normalized spacial score (nSPS) is 11.5. The van der Waals surface area contributed by atoms with Crippen molar-refractivity contribution in [2.24, 2.45) is 0 Å². The Hall–Kier alpha value is -10.1. The van der Waals surface area contributed by atoms with Crippen molar-refractivity contribution in [3.8, 4) is 0 Å². The fraction of sp³-hybridized carbons (Fsp3) is 0.290. The summed E-state index contributed by atoms with van der Waals surface area (Å²) in [5.74, 6) is 2.22. The van der Waals surface area contributed by atoms with Gasteiger partial charge in [-0.3, -0.25) is 24.9 Å². The number of hydrogen-bond donors (Lipinski definition) is 4. The molecule has 84 heavy (non-hydrogen) atoms. The Kier molecular flexibility index (Phi) is 17.7. The summed E-state index contributed by atoms with van der Waals surface area (Å²) in [5.41, 5.74) is 9.83. The number of carbonyl (C=O) groups excluding carboxylic acids is 2. The van der Waals surface area contributed by atoms with Gasteiger partial charge in [0.05, 0.1) is 43.1 Å². The molecule has 432 valence electrons. The van der Waals surface area contributed by atoms with E-state index in [9.17, 15) is 19.2 Å². The van der Waals surface area contributed by atoms with Crippen LogP contribution in [0.3, 0.4) is 0 Å². The Bertz CT molecular complexity index is 3950.